The number of carbonyl (C=O) groups is 3. The second-order valence-electron chi connectivity index (χ2n) is 19.2. The van der Waals surface area contributed by atoms with Crippen LogP contribution in [0.1, 0.15) is 323 Å². The zero-order chi connectivity index (χ0) is 45.1. The fourth-order valence-electron chi connectivity index (χ4n) is 8.62. The van der Waals surface area contributed by atoms with E-state index in [-0.39, 0.29) is 31.1 Å². The van der Waals surface area contributed by atoms with Gasteiger partial charge >= 0.3 is 17.9 Å². The van der Waals surface area contributed by atoms with Crippen LogP contribution in [0.5, 0.6) is 0 Å². The van der Waals surface area contributed by atoms with Gasteiger partial charge in [-0.05, 0) is 19.3 Å². The van der Waals surface area contributed by atoms with Crippen molar-refractivity contribution < 1.29 is 28.6 Å². The molecule has 0 aromatic carbocycles. The third-order valence-electron chi connectivity index (χ3n) is 12.9. The maximum absolute atomic E-state index is 12.8. The number of carbonyl (C=O) groups excluding carboxylic acids is 3. The first-order chi connectivity index (χ1) is 30.5. The van der Waals surface area contributed by atoms with Crippen LogP contribution in [0.4, 0.5) is 0 Å². The van der Waals surface area contributed by atoms with Gasteiger partial charge in [-0.3, -0.25) is 14.4 Å². The average molecular weight is 877 g/mol. The van der Waals surface area contributed by atoms with Crippen LogP contribution in [0.15, 0.2) is 0 Å². The van der Waals surface area contributed by atoms with Gasteiger partial charge in [-0.15, -0.1) is 0 Å². The second-order valence-corrected chi connectivity index (χ2v) is 19.2. The van der Waals surface area contributed by atoms with E-state index in [1.807, 2.05) is 0 Å². The lowest BCUT2D eigenvalue weighted by Gasteiger charge is -2.18. The minimum Gasteiger partial charge on any atom is -0.462 e. The molecule has 0 unspecified atom stereocenters. The SMILES string of the molecule is CCCCCCCCCCCCCCCCCCCC(=O)OC[C@@H](COC(=O)CCCCCCCCCCCCCCCCCC)OC(=O)CCCCCCCCCCCCC. The first-order valence-corrected chi connectivity index (χ1v) is 28.0. The van der Waals surface area contributed by atoms with E-state index in [0.29, 0.717) is 19.3 Å². The van der Waals surface area contributed by atoms with Gasteiger partial charge in [-0.1, -0.05) is 284 Å². The molecule has 0 aromatic heterocycles. The van der Waals surface area contributed by atoms with E-state index in [4.69, 9.17) is 14.2 Å². The lowest BCUT2D eigenvalue weighted by atomic mass is 10.0. The van der Waals surface area contributed by atoms with Crippen LogP contribution in [0.3, 0.4) is 0 Å². The van der Waals surface area contributed by atoms with Gasteiger partial charge in [0.15, 0.2) is 6.10 Å². The van der Waals surface area contributed by atoms with E-state index >= 15 is 0 Å². The Hall–Kier alpha value is -1.59. The molecule has 0 heterocycles. The molecule has 1 atom stereocenters. The fourth-order valence-corrected chi connectivity index (χ4v) is 8.62. The van der Waals surface area contributed by atoms with Crippen LogP contribution in [0.2, 0.25) is 0 Å². The Morgan fingerprint density at radius 1 is 0.258 bits per heavy atom. The fraction of sp³-hybridized carbons (Fsp3) is 0.946. The summed E-state index contributed by atoms with van der Waals surface area (Å²) in [5, 5.41) is 0. The lowest BCUT2D eigenvalue weighted by molar-refractivity contribution is -0.167. The van der Waals surface area contributed by atoms with Crippen LogP contribution in [0, 0.1) is 0 Å². The Bertz CT molecular complexity index is 920. The molecule has 0 fully saturated rings. The molecular formula is C56H108O6. The molecular weight excluding hydrogens is 769 g/mol. The van der Waals surface area contributed by atoms with Crippen molar-refractivity contribution in [2.75, 3.05) is 13.2 Å². The van der Waals surface area contributed by atoms with E-state index in [9.17, 15) is 14.4 Å². The summed E-state index contributed by atoms with van der Waals surface area (Å²) in [6, 6.07) is 0. The quantitative estimate of drug-likeness (QED) is 0.0344. The molecule has 368 valence electrons. The first kappa shape index (κ1) is 60.4. The number of hydrogen-bond acceptors (Lipinski definition) is 6. The topological polar surface area (TPSA) is 78.9 Å². The van der Waals surface area contributed by atoms with Gasteiger partial charge in [-0.2, -0.15) is 0 Å². The molecule has 0 aliphatic rings. The third-order valence-corrected chi connectivity index (χ3v) is 12.9. The summed E-state index contributed by atoms with van der Waals surface area (Å²) < 4.78 is 16.9. The van der Waals surface area contributed by atoms with Crippen LogP contribution in [-0.2, 0) is 28.6 Å². The predicted molar refractivity (Wildman–Crippen MR) is 266 cm³/mol. The monoisotopic (exact) mass is 877 g/mol. The molecule has 6 nitrogen and oxygen atoms in total. The lowest BCUT2D eigenvalue weighted by Crippen LogP contribution is -2.30. The zero-order valence-electron chi connectivity index (χ0n) is 42.2. The first-order valence-electron chi connectivity index (χ1n) is 28.0. The molecule has 0 amide bonds. The van der Waals surface area contributed by atoms with Gasteiger partial charge in [0.05, 0.1) is 0 Å². The smallest absolute Gasteiger partial charge is 0.306 e. The van der Waals surface area contributed by atoms with E-state index in [2.05, 4.69) is 20.8 Å². The minimum atomic E-state index is -0.760. The van der Waals surface area contributed by atoms with Crippen molar-refractivity contribution >= 4 is 17.9 Å². The molecule has 0 aliphatic carbocycles. The standard InChI is InChI=1S/C56H108O6/c1-4-7-10-13-16-19-22-24-26-28-30-32-35-37-40-43-46-49-55(58)61-52-53(62-56(59)50-47-44-41-38-33-21-18-15-12-9-6-3)51-60-54(57)48-45-42-39-36-34-31-29-27-25-23-20-17-14-11-8-5-2/h53H,4-52H2,1-3H3/t53-/m1/s1. The van der Waals surface area contributed by atoms with E-state index in [1.165, 1.54) is 225 Å². The van der Waals surface area contributed by atoms with Gasteiger partial charge in [0.1, 0.15) is 13.2 Å². The van der Waals surface area contributed by atoms with Crippen molar-refractivity contribution in [3.63, 3.8) is 0 Å². The van der Waals surface area contributed by atoms with Crippen molar-refractivity contribution in [3.8, 4) is 0 Å². The van der Waals surface area contributed by atoms with Crippen molar-refractivity contribution in [2.45, 2.75) is 329 Å². The number of rotatable bonds is 52. The number of unbranched alkanes of at least 4 members (excludes halogenated alkanes) is 41. The van der Waals surface area contributed by atoms with Gasteiger partial charge in [0.25, 0.3) is 0 Å². The number of esters is 3. The Morgan fingerprint density at radius 2 is 0.435 bits per heavy atom. The summed E-state index contributed by atoms with van der Waals surface area (Å²) in [4.78, 5) is 38.0. The normalized spacial score (nSPS) is 11.9. The maximum atomic E-state index is 12.8. The van der Waals surface area contributed by atoms with Crippen molar-refractivity contribution in [1.82, 2.24) is 0 Å². The summed E-state index contributed by atoms with van der Waals surface area (Å²) >= 11 is 0. The van der Waals surface area contributed by atoms with E-state index in [0.717, 1.165) is 57.8 Å². The second kappa shape index (κ2) is 52.0. The highest BCUT2D eigenvalue weighted by atomic mass is 16.6. The molecule has 0 rings (SSSR count). The molecule has 0 saturated heterocycles. The highest BCUT2D eigenvalue weighted by Gasteiger charge is 2.19. The van der Waals surface area contributed by atoms with Gasteiger partial charge < -0.3 is 14.2 Å². The van der Waals surface area contributed by atoms with Crippen molar-refractivity contribution in [1.29, 1.82) is 0 Å². The number of hydrogen-bond donors (Lipinski definition) is 0. The Labute approximate surface area is 387 Å². The van der Waals surface area contributed by atoms with Crippen molar-refractivity contribution in [3.05, 3.63) is 0 Å². The largest absolute Gasteiger partial charge is 0.462 e. The van der Waals surface area contributed by atoms with E-state index < -0.39 is 6.10 Å². The Balaban J connectivity index is 4.25. The Morgan fingerprint density at radius 3 is 0.645 bits per heavy atom. The molecule has 0 aliphatic heterocycles. The molecule has 0 N–H and O–H groups in total. The molecule has 62 heavy (non-hydrogen) atoms. The molecule has 0 aromatic rings. The maximum Gasteiger partial charge on any atom is 0.306 e. The Kier molecular flexibility index (Phi) is 50.7. The number of ether oxygens (including phenoxy) is 3. The molecule has 0 radical (unpaired) electrons. The molecule has 6 heteroatoms. The highest BCUT2D eigenvalue weighted by molar-refractivity contribution is 5.71. The third kappa shape index (κ3) is 49.4. The highest BCUT2D eigenvalue weighted by Crippen LogP contribution is 2.17. The van der Waals surface area contributed by atoms with Gasteiger partial charge in [-0.25, -0.2) is 0 Å². The van der Waals surface area contributed by atoms with Crippen LogP contribution in [0.25, 0.3) is 0 Å². The van der Waals surface area contributed by atoms with Crippen LogP contribution >= 0.6 is 0 Å². The van der Waals surface area contributed by atoms with Crippen molar-refractivity contribution in [2.24, 2.45) is 0 Å². The molecule has 0 bridgehead atoms. The molecule has 0 spiro atoms. The summed E-state index contributed by atoms with van der Waals surface area (Å²) in [6.45, 7) is 6.69. The van der Waals surface area contributed by atoms with E-state index in [1.54, 1.807) is 0 Å². The predicted octanol–water partition coefficient (Wildman–Crippen LogP) is 18.4. The summed E-state index contributed by atoms with van der Waals surface area (Å²) in [5.41, 5.74) is 0. The summed E-state index contributed by atoms with van der Waals surface area (Å²) in [6.07, 6.45) is 56.6. The summed E-state index contributed by atoms with van der Waals surface area (Å²) in [5.74, 6) is -0.836. The van der Waals surface area contributed by atoms with Gasteiger partial charge in [0.2, 0.25) is 0 Å². The van der Waals surface area contributed by atoms with Crippen LogP contribution < -0.4 is 0 Å². The zero-order valence-corrected chi connectivity index (χ0v) is 42.2. The minimum absolute atomic E-state index is 0.0614. The van der Waals surface area contributed by atoms with Gasteiger partial charge in [0, 0.05) is 19.3 Å². The average Bonchev–Trinajstić information content (AvgIpc) is 3.27. The molecule has 0 saturated carbocycles. The summed E-state index contributed by atoms with van der Waals surface area (Å²) in [7, 11) is 0. The van der Waals surface area contributed by atoms with Crippen LogP contribution in [-0.4, -0.2) is 37.2 Å².